The number of sulfonamides is 1. The molecule has 5 heteroatoms. The zero-order valence-electron chi connectivity index (χ0n) is 12.4. The van der Waals surface area contributed by atoms with Gasteiger partial charge < -0.3 is 5.32 Å². The Bertz CT molecular complexity index is 561. The second kappa shape index (κ2) is 6.24. The Morgan fingerprint density at radius 2 is 2.00 bits per heavy atom. The van der Waals surface area contributed by atoms with E-state index in [0.717, 1.165) is 30.5 Å². The number of hydrogen-bond acceptors (Lipinski definition) is 3. The van der Waals surface area contributed by atoms with Gasteiger partial charge in [-0.15, -0.1) is 0 Å². The molecular formula is C15H24N2O2S. The van der Waals surface area contributed by atoms with E-state index in [1.165, 1.54) is 0 Å². The molecule has 2 unspecified atom stereocenters. The summed E-state index contributed by atoms with van der Waals surface area (Å²) in [5, 5.41) is 3.39. The third-order valence-electron chi connectivity index (χ3n) is 4.11. The Morgan fingerprint density at radius 3 is 2.60 bits per heavy atom. The maximum absolute atomic E-state index is 12.3. The first kappa shape index (κ1) is 15.5. The Hall–Kier alpha value is -0.910. The van der Waals surface area contributed by atoms with Gasteiger partial charge in [-0.3, -0.25) is 0 Å². The molecule has 0 aromatic heterocycles. The molecule has 1 aromatic rings. The highest BCUT2D eigenvalue weighted by molar-refractivity contribution is 7.89. The summed E-state index contributed by atoms with van der Waals surface area (Å²) in [6, 6.07) is 5.81. The Balaban J connectivity index is 1.98. The van der Waals surface area contributed by atoms with Crippen LogP contribution in [-0.4, -0.2) is 27.5 Å². The minimum absolute atomic E-state index is 0.359. The van der Waals surface area contributed by atoms with Crippen molar-refractivity contribution >= 4 is 10.0 Å². The van der Waals surface area contributed by atoms with Crippen molar-refractivity contribution in [2.24, 2.45) is 5.92 Å². The first-order valence-corrected chi connectivity index (χ1v) is 8.67. The molecular weight excluding hydrogens is 272 g/mol. The lowest BCUT2D eigenvalue weighted by Crippen LogP contribution is -2.41. The first-order valence-electron chi connectivity index (χ1n) is 7.19. The SMILES string of the molecule is Cc1ccc(S(=O)(=O)NCC2CCC(C)NC2)cc1C. The summed E-state index contributed by atoms with van der Waals surface area (Å²) in [6.45, 7) is 7.47. The average Bonchev–Trinajstić information content (AvgIpc) is 2.41. The van der Waals surface area contributed by atoms with Crippen molar-refractivity contribution in [2.75, 3.05) is 13.1 Å². The zero-order chi connectivity index (χ0) is 14.8. The molecule has 0 aliphatic carbocycles. The quantitative estimate of drug-likeness (QED) is 0.893. The van der Waals surface area contributed by atoms with Gasteiger partial charge in [0.15, 0.2) is 0 Å². The molecule has 1 heterocycles. The van der Waals surface area contributed by atoms with Gasteiger partial charge in [-0.25, -0.2) is 13.1 Å². The lowest BCUT2D eigenvalue weighted by molar-refractivity contribution is 0.323. The fraction of sp³-hybridized carbons (Fsp3) is 0.600. The molecule has 0 radical (unpaired) electrons. The molecule has 4 nitrogen and oxygen atoms in total. The third-order valence-corrected chi connectivity index (χ3v) is 5.53. The highest BCUT2D eigenvalue weighted by Crippen LogP contribution is 2.17. The van der Waals surface area contributed by atoms with Gasteiger partial charge in [-0.1, -0.05) is 6.07 Å². The molecule has 2 atom stereocenters. The van der Waals surface area contributed by atoms with E-state index >= 15 is 0 Å². The van der Waals surface area contributed by atoms with Crippen LogP contribution in [0.2, 0.25) is 0 Å². The number of nitrogens with one attached hydrogen (secondary N) is 2. The van der Waals surface area contributed by atoms with Crippen LogP contribution in [-0.2, 0) is 10.0 Å². The normalized spacial score (nSPS) is 23.8. The Labute approximate surface area is 122 Å². The molecule has 0 saturated carbocycles. The van der Waals surface area contributed by atoms with Gasteiger partial charge in [0.05, 0.1) is 4.90 Å². The molecule has 0 spiro atoms. The number of piperidine rings is 1. The molecule has 0 bridgehead atoms. The largest absolute Gasteiger partial charge is 0.314 e. The number of aryl methyl sites for hydroxylation is 2. The summed E-state index contributed by atoms with van der Waals surface area (Å²) >= 11 is 0. The monoisotopic (exact) mass is 296 g/mol. The van der Waals surface area contributed by atoms with Crippen molar-refractivity contribution in [3.05, 3.63) is 29.3 Å². The van der Waals surface area contributed by atoms with Crippen LogP contribution in [0.4, 0.5) is 0 Å². The predicted octanol–water partition coefficient (Wildman–Crippen LogP) is 1.97. The van der Waals surface area contributed by atoms with Gasteiger partial charge >= 0.3 is 0 Å². The van der Waals surface area contributed by atoms with E-state index in [0.29, 0.717) is 23.4 Å². The maximum atomic E-state index is 12.3. The predicted molar refractivity (Wildman–Crippen MR) is 81.3 cm³/mol. The van der Waals surface area contributed by atoms with Crippen molar-refractivity contribution < 1.29 is 8.42 Å². The molecule has 1 aromatic carbocycles. The summed E-state index contributed by atoms with van der Waals surface area (Å²) < 4.78 is 27.3. The van der Waals surface area contributed by atoms with Crippen LogP contribution in [0, 0.1) is 19.8 Å². The van der Waals surface area contributed by atoms with Gasteiger partial charge in [0.1, 0.15) is 0 Å². The molecule has 2 rings (SSSR count). The van der Waals surface area contributed by atoms with Crippen LogP contribution in [0.1, 0.15) is 30.9 Å². The second-order valence-electron chi connectivity index (χ2n) is 5.85. The lowest BCUT2D eigenvalue weighted by Gasteiger charge is -2.27. The van der Waals surface area contributed by atoms with Gasteiger partial charge in [0.2, 0.25) is 10.0 Å². The van der Waals surface area contributed by atoms with Crippen LogP contribution < -0.4 is 10.0 Å². The van der Waals surface area contributed by atoms with E-state index < -0.39 is 10.0 Å². The first-order chi connectivity index (χ1) is 9.38. The molecule has 1 saturated heterocycles. The molecule has 112 valence electrons. The van der Waals surface area contributed by atoms with Crippen LogP contribution in [0.3, 0.4) is 0 Å². The fourth-order valence-corrected chi connectivity index (χ4v) is 3.62. The van der Waals surface area contributed by atoms with Crippen molar-refractivity contribution in [3.8, 4) is 0 Å². The van der Waals surface area contributed by atoms with E-state index in [9.17, 15) is 8.42 Å². The highest BCUT2D eigenvalue weighted by Gasteiger charge is 2.21. The molecule has 1 aliphatic heterocycles. The van der Waals surface area contributed by atoms with E-state index in [4.69, 9.17) is 0 Å². The van der Waals surface area contributed by atoms with Gasteiger partial charge in [-0.2, -0.15) is 0 Å². The van der Waals surface area contributed by atoms with Gasteiger partial charge in [0.25, 0.3) is 0 Å². The molecule has 1 fully saturated rings. The van der Waals surface area contributed by atoms with Crippen LogP contribution in [0.25, 0.3) is 0 Å². The summed E-state index contributed by atoms with van der Waals surface area (Å²) in [5.74, 6) is 0.382. The second-order valence-corrected chi connectivity index (χ2v) is 7.62. The molecule has 0 amide bonds. The number of benzene rings is 1. The summed E-state index contributed by atoms with van der Waals surface area (Å²) in [4.78, 5) is 0.359. The van der Waals surface area contributed by atoms with E-state index in [1.807, 2.05) is 19.9 Å². The Kier molecular flexibility index (Phi) is 4.83. The maximum Gasteiger partial charge on any atom is 0.240 e. The van der Waals surface area contributed by atoms with Gasteiger partial charge in [0, 0.05) is 12.6 Å². The van der Waals surface area contributed by atoms with E-state index in [2.05, 4.69) is 17.0 Å². The summed E-state index contributed by atoms with van der Waals surface area (Å²) in [7, 11) is -3.39. The minimum Gasteiger partial charge on any atom is -0.314 e. The molecule has 2 N–H and O–H groups in total. The molecule has 1 aliphatic rings. The van der Waals surface area contributed by atoms with Crippen molar-refractivity contribution in [1.29, 1.82) is 0 Å². The number of rotatable bonds is 4. The Morgan fingerprint density at radius 1 is 1.25 bits per heavy atom. The van der Waals surface area contributed by atoms with Crippen LogP contribution in [0.5, 0.6) is 0 Å². The van der Waals surface area contributed by atoms with Gasteiger partial charge in [-0.05, 0) is 69.3 Å². The lowest BCUT2D eigenvalue weighted by atomic mass is 9.96. The topological polar surface area (TPSA) is 58.2 Å². The smallest absolute Gasteiger partial charge is 0.240 e. The molecule has 20 heavy (non-hydrogen) atoms. The fourth-order valence-electron chi connectivity index (χ4n) is 2.42. The highest BCUT2D eigenvalue weighted by atomic mass is 32.2. The third kappa shape index (κ3) is 3.81. The average molecular weight is 296 g/mol. The van der Waals surface area contributed by atoms with E-state index in [-0.39, 0.29) is 0 Å². The van der Waals surface area contributed by atoms with Crippen molar-refractivity contribution in [3.63, 3.8) is 0 Å². The van der Waals surface area contributed by atoms with Crippen LogP contribution >= 0.6 is 0 Å². The van der Waals surface area contributed by atoms with Crippen molar-refractivity contribution in [2.45, 2.75) is 44.6 Å². The van der Waals surface area contributed by atoms with E-state index in [1.54, 1.807) is 12.1 Å². The minimum atomic E-state index is -3.39. The standard InChI is InChI=1S/C15H24N2O2S/c1-11-4-7-15(8-12(11)2)20(18,19)17-10-14-6-5-13(3)16-9-14/h4,7-8,13-14,16-17H,5-6,9-10H2,1-3H3. The zero-order valence-corrected chi connectivity index (χ0v) is 13.3. The van der Waals surface area contributed by atoms with Crippen LogP contribution in [0.15, 0.2) is 23.1 Å². The van der Waals surface area contributed by atoms with Crippen molar-refractivity contribution in [1.82, 2.24) is 10.0 Å². The number of hydrogen-bond donors (Lipinski definition) is 2. The summed E-state index contributed by atoms with van der Waals surface area (Å²) in [5.41, 5.74) is 2.11. The summed E-state index contributed by atoms with van der Waals surface area (Å²) in [6.07, 6.45) is 2.18.